The van der Waals surface area contributed by atoms with Crippen molar-refractivity contribution in [1.82, 2.24) is 20.4 Å². The van der Waals surface area contributed by atoms with Gasteiger partial charge >= 0.3 is 0 Å². The Hall–Kier alpha value is -1.92. The number of nitrogens with one attached hydrogen (secondary N) is 1. The fourth-order valence-corrected chi connectivity index (χ4v) is 2.64. The molecule has 0 atom stereocenters. The Labute approximate surface area is 130 Å². The molecule has 0 radical (unpaired) electrons. The summed E-state index contributed by atoms with van der Waals surface area (Å²) in [6.07, 6.45) is 0. The smallest absolute Gasteiger partial charge is 0.240 e. The number of aryl methyl sites for hydroxylation is 2. The van der Waals surface area contributed by atoms with Gasteiger partial charge in [-0.1, -0.05) is 11.2 Å². The van der Waals surface area contributed by atoms with Crippen LogP contribution in [0, 0.1) is 13.8 Å². The Morgan fingerprint density at radius 3 is 2.64 bits per heavy atom. The zero-order valence-electron chi connectivity index (χ0n) is 13.1. The first kappa shape index (κ1) is 15.0. The van der Waals surface area contributed by atoms with Crippen LogP contribution in [0.5, 0.6) is 5.75 Å². The molecule has 1 aromatic carbocycles. The molecule has 1 fully saturated rings. The molecule has 1 N–H and O–H groups in total. The second kappa shape index (κ2) is 6.89. The average Bonchev–Trinajstić information content (AvgIpc) is 2.93. The van der Waals surface area contributed by atoms with E-state index in [4.69, 9.17) is 9.26 Å². The lowest BCUT2D eigenvalue weighted by atomic mass is 10.1. The van der Waals surface area contributed by atoms with E-state index in [9.17, 15) is 0 Å². The van der Waals surface area contributed by atoms with Crippen LogP contribution in [0.4, 0.5) is 0 Å². The van der Waals surface area contributed by atoms with E-state index >= 15 is 0 Å². The largest absolute Gasteiger partial charge is 0.485 e. The van der Waals surface area contributed by atoms with Crippen LogP contribution in [-0.2, 0) is 13.2 Å². The Morgan fingerprint density at radius 1 is 1.18 bits per heavy atom. The van der Waals surface area contributed by atoms with E-state index in [1.54, 1.807) is 0 Å². The zero-order valence-corrected chi connectivity index (χ0v) is 13.1. The van der Waals surface area contributed by atoms with Gasteiger partial charge in [0.1, 0.15) is 5.75 Å². The predicted molar refractivity (Wildman–Crippen MR) is 82.7 cm³/mol. The monoisotopic (exact) mass is 302 g/mol. The molecule has 0 spiro atoms. The highest BCUT2D eigenvalue weighted by molar-refractivity contribution is 5.32. The number of benzene rings is 1. The minimum atomic E-state index is 0.327. The lowest BCUT2D eigenvalue weighted by Gasteiger charge is -2.25. The van der Waals surface area contributed by atoms with Crippen LogP contribution in [0.1, 0.15) is 22.8 Å². The number of hydrogen-bond acceptors (Lipinski definition) is 6. The summed E-state index contributed by atoms with van der Waals surface area (Å²) in [5.41, 5.74) is 2.37. The molecule has 1 aromatic heterocycles. The van der Waals surface area contributed by atoms with Gasteiger partial charge in [0.15, 0.2) is 6.61 Å². The van der Waals surface area contributed by atoms with Crippen LogP contribution in [0.15, 0.2) is 22.7 Å². The molecule has 1 aliphatic rings. The number of ether oxygens (including phenoxy) is 1. The van der Waals surface area contributed by atoms with Gasteiger partial charge in [0, 0.05) is 26.2 Å². The first-order valence-electron chi connectivity index (χ1n) is 7.65. The molecule has 0 amide bonds. The lowest BCUT2D eigenvalue weighted by Crippen LogP contribution is -2.42. The normalized spacial score (nSPS) is 15.9. The van der Waals surface area contributed by atoms with E-state index < -0.39 is 0 Å². The number of nitrogens with zero attached hydrogens (tertiary/aromatic N) is 3. The average molecular weight is 302 g/mol. The summed E-state index contributed by atoms with van der Waals surface area (Å²) < 4.78 is 11.0. The summed E-state index contributed by atoms with van der Waals surface area (Å²) >= 11 is 0. The van der Waals surface area contributed by atoms with Crippen LogP contribution >= 0.6 is 0 Å². The Balaban J connectivity index is 1.54. The predicted octanol–water partition coefficient (Wildman–Crippen LogP) is 1.67. The molecule has 1 saturated heterocycles. The number of piperazine rings is 1. The molecule has 3 rings (SSSR count). The third-order valence-corrected chi connectivity index (χ3v) is 3.64. The number of rotatable bonds is 5. The Bertz CT molecular complexity index is 600. The molecule has 0 aliphatic carbocycles. The number of hydrogen-bond donors (Lipinski definition) is 1. The van der Waals surface area contributed by atoms with Crippen molar-refractivity contribution in [3.8, 4) is 5.75 Å². The molecule has 118 valence electrons. The highest BCUT2D eigenvalue weighted by Crippen LogP contribution is 2.17. The fourth-order valence-electron chi connectivity index (χ4n) is 2.64. The second-order valence-corrected chi connectivity index (χ2v) is 5.74. The van der Waals surface area contributed by atoms with Crippen molar-refractivity contribution in [3.05, 3.63) is 41.0 Å². The quantitative estimate of drug-likeness (QED) is 0.906. The van der Waals surface area contributed by atoms with E-state index in [1.165, 1.54) is 11.1 Å². The van der Waals surface area contributed by atoms with Crippen LogP contribution in [0.3, 0.4) is 0 Å². The van der Waals surface area contributed by atoms with Gasteiger partial charge in [-0.2, -0.15) is 4.98 Å². The summed E-state index contributed by atoms with van der Waals surface area (Å²) in [6, 6.07) is 6.14. The van der Waals surface area contributed by atoms with Gasteiger partial charge < -0.3 is 14.6 Å². The zero-order chi connectivity index (χ0) is 15.4. The van der Waals surface area contributed by atoms with Crippen molar-refractivity contribution in [2.75, 3.05) is 26.2 Å². The van der Waals surface area contributed by atoms with E-state index in [0.29, 0.717) is 24.9 Å². The van der Waals surface area contributed by atoms with Crippen LogP contribution in [-0.4, -0.2) is 41.2 Å². The van der Waals surface area contributed by atoms with Crippen molar-refractivity contribution < 1.29 is 9.26 Å². The van der Waals surface area contributed by atoms with Crippen molar-refractivity contribution >= 4 is 0 Å². The van der Waals surface area contributed by atoms with E-state index in [0.717, 1.165) is 31.9 Å². The molecule has 2 heterocycles. The summed E-state index contributed by atoms with van der Waals surface area (Å²) in [6.45, 7) is 9.19. The molecular formula is C16H22N4O2. The Morgan fingerprint density at radius 2 is 1.91 bits per heavy atom. The maximum absolute atomic E-state index is 5.75. The molecule has 0 unspecified atom stereocenters. The van der Waals surface area contributed by atoms with Crippen LogP contribution in [0.25, 0.3) is 0 Å². The van der Waals surface area contributed by atoms with Crippen LogP contribution < -0.4 is 10.1 Å². The highest BCUT2D eigenvalue weighted by Gasteiger charge is 2.14. The molecule has 6 nitrogen and oxygen atoms in total. The summed E-state index contributed by atoms with van der Waals surface area (Å²) in [4.78, 5) is 6.70. The first-order valence-corrected chi connectivity index (χ1v) is 7.65. The van der Waals surface area contributed by atoms with Crippen LogP contribution in [0.2, 0.25) is 0 Å². The third kappa shape index (κ3) is 4.05. The summed E-state index contributed by atoms with van der Waals surface area (Å²) in [5, 5.41) is 7.31. The molecule has 2 aromatic rings. The van der Waals surface area contributed by atoms with Gasteiger partial charge in [0.2, 0.25) is 11.7 Å². The number of aromatic nitrogens is 2. The molecule has 0 bridgehead atoms. The minimum absolute atomic E-state index is 0.327. The van der Waals surface area contributed by atoms with E-state index in [2.05, 4.69) is 40.3 Å². The fraction of sp³-hybridized carbons (Fsp3) is 0.500. The van der Waals surface area contributed by atoms with Gasteiger partial charge in [0.05, 0.1) is 6.54 Å². The van der Waals surface area contributed by atoms with Gasteiger partial charge in [-0.15, -0.1) is 0 Å². The van der Waals surface area contributed by atoms with Crippen molar-refractivity contribution in [1.29, 1.82) is 0 Å². The van der Waals surface area contributed by atoms with Crippen molar-refractivity contribution in [3.63, 3.8) is 0 Å². The van der Waals surface area contributed by atoms with Crippen molar-refractivity contribution in [2.24, 2.45) is 0 Å². The molecule has 0 saturated carbocycles. The van der Waals surface area contributed by atoms with Gasteiger partial charge in [-0.25, -0.2) is 0 Å². The molecule has 1 aliphatic heterocycles. The summed E-state index contributed by atoms with van der Waals surface area (Å²) in [5.74, 6) is 2.08. The Kier molecular flexibility index (Phi) is 4.70. The second-order valence-electron chi connectivity index (χ2n) is 5.74. The molecule has 22 heavy (non-hydrogen) atoms. The lowest BCUT2D eigenvalue weighted by molar-refractivity contribution is 0.203. The molecular weight excluding hydrogens is 280 g/mol. The van der Waals surface area contributed by atoms with Crippen molar-refractivity contribution in [2.45, 2.75) is 27.0 Å². The molecule has 6 heteroatoms. The van der Waals surface area contributed by atoms with E-state index in [1.807, 2.05) is 12.1 Å². The third-order valence-electron chi connectivity index (χ3n) is 3.64. The first-order chi connectivity index (χ1) is 10.7. The minimum Gasteiger partial charge on any atom is -0.485 e. The standard InChI is InChI=1S/C16H22N4O2/c1-12-7-13(2)9-14(8-12)21-11-15-18-16(22-19-15)10-20-5-3-17-4-6-20/h7-9,17H,3-6,10-11H2,1-2H3. The maximum Gasteiger partial charge on any atom is 0.240 e. The topological polar surface area (TPSA) is 63.4 Å². The van der Waals surface area contributed by atoms with Gasteiger partial charge in [0.25, 0.3) is 0 Å². The SMILES string of the molecule is Cc1cc(C)cc(OCc2noc(CN3CCNCC3)n2)c1. The van der Waals surface area contributed by atoms with Gasteiger partial charge in [-0.3, -0.25) is 4.90 Å². The summed E-state index contributed by atoms with van der Waals surface area (Å²) in [7, 11) is 0. The maximum atomic E-state index is 5.75. The highest BCUT2D eigenvalue weighted by atomic mass is 16.5. The van der Waals surface area contributed by atoms with Gasteiger partial charge in [-0.05, 0) is 37.1 Å². The van der Waals surface area contributed by atoms with E-state index in [-0.39, 0.29) is 0 Å².